The summed E-state index contributed by atoms with van der Waals surface area (Å²) in [7, 11) is -0.375. The molecule has 0 atom stereocenters. The summed E-state index contributed by atoms with van der Waals surface area (Å²) in [6, 6.07) is 5.94. The van der Waals surface area contributed by atoms with Gasteiger partial charge < -0.3 is 25.1 Å². The van der Waals surface area contributed by atoms with Crippen molar-refractivity contribution in [2.45, 2.75) is 57.3 Å². The Morgan fingerprint density at radius 1 is 1.13 bits per heavy atom. The van der Waals surface area contributed by atoms with Gasteiger partial charge in [-0.1, -0.05) is 23.7 Å². The summed E-state index contributed by atoms with van der Waals surface area (Å²) in [4.78, 5) is 0. The fraction of sp³-hybridized carbons (Fsp3) is 0.600. The largest absolute Gasteiger partial charge is 0.494 e. The molecule has 0 aromatic heterocycles. The van der Waals surface area contributed by atoms with E-state index in [1.807, 2.05) is 45.9 Å². The van der Waals surface area contributed by atoms with Crippen LogP contribution in [-0.4, -0.2) is 36.1 Å². The molecule has 0 amide bonds. The van der Waals surface area contributed by atoms with E-state index in [0.29, 0.717) is 5.02 Å². The Bertz CT molecular complexity index is 563. The van der Waals surface area contributed by atoms with Crippen LogP contribution in [0.15, 0.2) is 18.2 Å². The van der Waals surface area contributed by atoms with Gasteiger partial charge in [0, 0.05) is 10.6 Å². The maximum absolute atomic E-state index is 7.00. The average Bonchev–Trinajstić information content (AvgIpc) is 3.11. The second kappa shape index (κ2) is 6.39. The van der Waals surface area contributed by atoms with Gasteiger partial charge in [-0.2, -0.15) is 0 Å². The van der Waals surface area contributed by atoms with Crippen LogP contribution in [0, 0.1) is 0 Å². The third-order valence-corrected chi connectivity index (χ3v) is 5.16. The molecule has 1 radical (unpaired) electrons. The minimum absolute atomic E-state index is 0. The molecule has 125 valence electrons. The van der Waals surface area contributed by atoms with E-state index in [0.717, 1.165) is 23.9 Å². The summed E-state index contributed by atoms with van der Waals surface area (Å²) in [5, 5.41) is 14.7. The molecule has 2 aliphatic rings. The third-order valence-electron chi connectivity index (χ3n) is 4.84. The highest BCUT2D eigenvalue weighted by atomic mass is 35.5. The van der Waals surface area contributed by atoms with Crippen molar-refractivity contribution >= 4 is 31.9 Å². The average molecular weight is 338 g/mol. The van der Waals surface area contributed by atoms with E-state index in [9.17, 15) is 0 Å². The predicted octanol–water partition coefficient (Wildman–Crippen LogP) is 1.09. The maximum Gasteiger partial charge on any atom is 0.494 e. The lowest BCUT2D eigenvalue weighted by Crippen LogP contribution is -2.41. The van der Waals surface area contributed by atoms with Gasteiger partial charge in [-0.3, -0.25) is 0 Å². The molecule has 0 bridgehead atoms. The van der Waals surface area contributed by atoms with E-state index in [-0.39, 0.29) is 31.5 Å². The highest BCUT2D eigenvalue weighted by molar-refractivity contribution is 6.62. The molecule has 1 saturated carbocycles. The first kappa shape index (κ1) is 18.8. The smallest absolute Gasteiger partial charge is 0.429 e. The molecule has 2 fully saturated rings. The van der Waals surface area contributed by atoms with E-state index in [1.54, 1.807) is 0 Å². The molecule has 8 heteroatoms. The van der Waals surface area contributed by atoms with Crippen molar-refractivity contribution in [2.75, 3.05) is 0 Å². The van der Waals surface area contributed by atoms with Crippen LogP contribution in [0.4, 0.5) is 0 Å². The van der Waals surface area contributed by atoms with E-state index in [2.05, 4.69) is 0 Å². The number of hydrogen-bond acceptors (Lipinski definition) is 5. The first-order valence-corrected chi connectivity index (χ1v) is 7.99. The molecule has 0 unspecified atom stereocenters. The van der Waals surface area contributed by atoms with Crippen LogP contribution in [0.5, 0.6) is 0 Å². The molecule has 1 saturated heterocycles. The normalized spacial score (nSPS) is 23.0. The molecule has 5 nitrogen and oxygen atoms in total. The van der Waals surface area contributed by atoms with E-state index in [1.165, 1.54) is 0 Å². The fourth-order valence-corrected chi connectivity index (χ4v) is 2.84. The molecule has 1 aliphatic carbocycles. The second-order valence-electron chi connectivity index (χ2n) is 7.10. The van der Waals surface area contributed by atoms with Crippen molar-refractivity contribution in [3.05, 3.63) is 28.8 Å². The van der Waals surface area contributed by atoms with Gasteiger partial charge in [0.25, 0.3) is 0 Å². The summed E-state index contributed by atoms with van der Waals surface area (Å²) in [6.45, 7) is 8.17. The topological polar surface area (TPSA) is 84.9 Å². The lowest BCUT2D eigenvalue weighted by atomic mass is 9.78. The lowest BCUT2D eigenvalue weighted by molar-refractivity contribution is 0.00578. The predicted molar refractivity (Wildman–Crippen MR) is 92.5 cm³/mol. The molecule has 1 aliphatic heterocycles. The number of benzene rings is 1. The molecule has 1 aromatic carbocycles. The first-order chi connectivity index (χ1) is 10.6. The Labute approximate surface area is 143 Å². The summed E-state index contributed by atoms with van der Waals surface area (Å²) < 4.78 is 12.1. The zero-order valence-electron chi connectivity index (χ0n) is 14.0. The van der Waals surface area contributed by atoms with Crippen molar-refractivity contribution in [1.29, 1.82) is 0 Å². The standard InChI is InChI=1S/C15H21BClNO2.BH2O2/c1-13(2)14(3,4)20-16(19-13)10-5-6-11(12(17)9-10)15(18)7-8-15;2-1-3/h5-6,9H,7-8,18H2,1-4H3;2-3H. The van der Waals surface area contributed by atoms with Gasteiger partial charge in [0.15, 0.2) is 0 Å². The monoisotopic (exact) mass is 338 g/mol. The number of hydrogen-bond donors (Lipinski definition) is 3. The Morgan fingerprint density at radius 3 is 2.00 bits per heavy atom. The van der Waals surface area contributed by atoms with Gasteiger partial charge >= 0.3 is 14.8 Å². The minimum Gasteiger partial charge on any atom is -0.429 e. The maximum atomic E-state index is 7.00. The Kier molecular flexibility index (Phi) is 5.22. The molecule has 1 aromatic rings. The number of rotatable bonds is 2. The van der Waals surface area contributed by atoms with Gasteiger partial charge in [0.1, 0.15) is 0 Å². The zero-order chi connectivity index (χ0) is 17.5. The summed E-state index contributed by atoms with van der Waals surface area (Å²) >= 11 is 6.38. The third kappa shape index (κ3) is 3.76. The summed E-state index contributed by atoms with van der Waals surface area (Å²) in [5.41, 5.74) is 7.29. The Morgan fingerprint density at radius 2 is 1.61 bits per heavy atom. The van der Waals surface area contributed by atoms with Crippen LogP contribution in [-0.2, 0) is 14.8 Å². The number of nitrogens with two attached hydrogens (primary N) is 1. The van der Waals surface area contributed by atoms with Gasteiger partial charge in [-0.25, -0.2) is 0 Å². The van der Waals surface area contributed by atoms with Crippen LogP contribution in [0.1, 0.15) is 46.1 Å². The quantitative estimate of drug-likeness (QED) is 0.703. The van der Waals surface area contributed by atoms with Crippen LogP contribution in [0.2, 0.25) is 5.02 Å². The molecule has 23 heavy (non-hydrogen) atoms. The lowest BCUT2D eigenvalue weighted by Gasteiger charge is -2.32. The van der Waals surface area contributed by atoms with Gasteiger partial charge in [-0.15, -0.1) is 0 Å². The van der Waals surface area contributed by atoms with Crippen LogP contribution < -0.4 is 11.2 Å². The Hall–Kier alpha value is -0.560. The van der Waals surface area contributed by atoms with Crippen molar-refractivity contribution in [1.82, 2.24) is 0 Å². The highest BCUT2D eigenvalue weighted by Gasteiger charge is 2.52. The van der Waals surface area contributed by atoms with Crippen molar-refractivity contribution in [3.8, 4) is 0 Å². The minimum atomic E-state index is -0.375. The summed E-state index contributed by atoms with van der Waals surface area (Å²) in [6.07, 6.45) is 2.01. The first-order valence-electron chi connectivity index (χ1n) is 7.61. The van der Waals surface area contributed by atoms with Crippen LogP contribution in [0.3, 0.4) is 0 Å². The molecule has 4 N–H and O–H groups in total. The molecular weight excluding hydrogens is 315 g/mol. The molecule has 3 rings (SSSR count). The van der Waals surface area contributed by atoms with Gasteiger partial charge in [0.05, 0.1) is 11.2 Å². The van der Waals surface area contributed by atoms with E-state index < -0.39 is 0 Å². The van der Waals surface area contributed by atoms with Crippen molar-refractivity contribution in [3.63, 3.8) is 0 Å². The van der Waals surface area contributed by atoms with Gasteiger partial charge in [0.2, 0.25) is 0 Å². The fourth-order valence-electron chi connectivity index (χ4n) is 2.46. The molecular formula is C15H23B2ClNO4. The van der Waals surface area contributed by atoms with Crippen molar-refractivity contribution in [2.24, 2.45) is 5.73 Å². The van der Waals surface area contributed by atoms with E-state index >= 15 is 0 Å². The molecule has 0 spiro atoms. The van der Waals surface area contributed by atoms with Crippen molar-refractivity contribution < 1.29 is 19.4 Å². The summed E-state index contributed by atoms with van der Waals surface area (Å²) in [5.74, 6) is 0. The highest BCUT2D eigenvalue weighted by Crippen LogP contribution is 2.45. The SMILES string of the molecule is CC1(C)OB(c2ccc(C3(N)CC3)c(Cl)c2)OC1(C)C.O[B]O. The van der Waals surface area contributed by atoms with Crippen LogP contribution in [0.25, 0.3) is 0 Å². The van der Waals surface area contributed by atoms with Gasteiger partial charge in [-0.05, 0) is 57.6 Å². The van der Waals surface area contributed by atoms with E-state index in [4.69, 9.17) is 36.7 Å². The molecule has 1 heterocycles. The number of halogens is 1. The zero-order valence-corrected chi connectivity index (χ0v) is 14.7. The Balaban J connectivity index is 0.000000595. The van der Waals surface area contributed by atoms with Crippen LogP contribution >= 0.6 is 11.6 Å². The second-order valence-corrected chi connectivity index (χ2v) is 7.51.